The summed E-state index contributed by atoms with van der Waals surface area (Å²) in [5.74, 6) is 6.05. The van der Waals surface area contributed by atoms with Crippen LogP contribution in [0.5, 0.6) is 0 Å². The van der Waals surface area contributed by atoms with Crippen molar-refractivity contribution in [1.82, 2.24) is 19.2 Å². The topological polar surface area (TPSA) is 122 Å². The van der Waals surface area contributed by atoms with Gasteiger partial charge >= 0.3 is 5.69 Å². The molecule has 0 radical (unpaired) electrons. The number of imidazole rings is 1. The van der Waals surface area contributed by atoms with E-state index in [0.717, 1.165) is 12.1 Å². The molecule has 0 bridgehead atoms. The molecule has 10 nitrogen and oxygen atoms in total. The third-order valence-corrected chi connectivity index (χ3v) is 5.06. The Balaban J connectivity index is 1.50. The first-order valence-corrected chi connectivity index (χ1v) is 9.50. The standard InChI is InChI=1S/C19H18F2N8O2/c1-10-24-15(14-3-2-8-31-14)16-17(28(10)22)25-18-27(19(30)26-29(16)18)7-6-23-13-5-4-11(20)9-12(13)21/h2-5,8-10,23H,6-7,22H2,1H3,(H,26,30). The van der Waals surface area contributed by atoms with E-state index in [0.29, 0.717) is 28.8 Å². The highest BCUT2D eigenvalue weighted by molar-refractivity contribution is 6.14. The lowest BCUT2D eigenvalue weighted by atomic mass is 10.1. The number of anilines is 2. The first-order valence-electron chi connectivity index (χ1n) is 9.50. The van der Waals surface area contributed by atoms with Crippen molar-refractivity contribution in [3.8, 4) is 0 Å². The van der Waals surface area contributed by atoms with Gasteiger partial charge < -0.3 is 9.73 Å². The van der Waals surface area contributed by atoms with Gasteiger partial charge in [-0.1, -0.05) is 0 Å². The minimum Gasteiger partial charge on any atom is -0.463 e. The van der Waals surface area contributed by atoms with Crippen LogP contribution >= 0.6 is 0 Å². The third-order valence-electron chi connectivity index (χ3n) is 5.06. The van der Waals surface area contributed by atoms with E-state index in [9.17, 15) is 13.6 Å². The average Bonchev–Trinajstić information content (AvgIpc) is 3.44. The van der Waals surface area contributed by atoms with Crippen molar-refractivity contribution >= 4 is 23.0 Å². The average molecular weight is 428 g/mol. The Morgan fingerprint density at radius 1 is 1.32 bits per heavy atom. The van der Waals surface area contributed by atoms with Gasteiger partial charge in [0.2, 0.25) is 5.78 Å². The van der Waals surface area contributed by atoms with Crippen LogP contribution in [-0.4, -0.2) is 37.6 Å². The van der Waals surface area contributed by atoms with E-state index < -0.39 is 23.5 Å². The third kappa shape index (κ3) is 3.08. The number of aromatic amines is 1. The summed E-state index contributed by atoms with van der Waals surface area (Å²) >= 11 is 0. The molecule has 160 valence electrons. The summed E-state index contributed by atoms with van der Waals surface area (Å²) in [5, 5.41) is 6.99. The predicted octanol–water partition coefficient (Wildman–Crippen LogP) is 1.68. The van der Waals surface area contributed by atoms with Gasteiger partial charge in [0.25, 0.3) is 0 Å². The fourth-order valence-electron chi connectivity index (χ4n) is 3.54. The van der Waals surface area contributed by atoms with E-state index >= 15 is 0 Å². The van der Waals surface area contributed by atoms with E-state index in [-0.39, 0.29) is 18.8 Å². The highest BCUT2D eigenvalue weighted by Crippen LogP contribution is 2.28. The molecular formula is C19H18F2N8O2. The Labute approximate surface area is 173 Å². The van der Waals surface area contributed by atoms with Gasteiger partial charge in [0.1, 0.15) is 29.2 Å². The van der Waals surface area contributed by atoms with Gasteiger partial charge in [-0.2, -0.15) is 4.98 Å². The maximum Gasteiger partial charge on any atom is 0.343 e. The van der Waals surface area contributed by atoms with E-state index in [4.69, 9.17) is 10.3 Å². The zero-order chi connectivity index (χ0) is 21.7. The van der Waals surface area contributed by atoms with Crippen molar-refractivity contribution in [1.29, 1.82) is 0 Å². The molecule has 1 unspecified atom stereocenters. The van der Waals surface area contributed by atoms with Gasteiger partial charge in [0.05, 0.1) is 12.0 Å². The number of fused-ring (bicyclic) bond motifs is 3. The predicted molar refractivity (Wildman–Crippen MR) is 109 cm³/mol. The van der Waals surface area contributed by atoms with E-state index in [1.165, 1.54) is 26.4 Å². The molecule has 4 N–H and O–H groups in total. The molecule has 0 saturated heterocycles. The number of halogens is 2. The molecule has 1 aliphatic heterocycles. The molecule has 31 heavy (non-hydrogen) atoms. The molecule has 0 fully saturated rings. The number of H-pyrrole nitrogens is 1. The first-order chi connectivity index (χ1) is 14.9. The fraction of sp³-hybridized carbons (Fsp3) is 0.211. The largest absolute Gasteiger partial charge is 0.463 e. The minimum absolute atomic E-state index is 0.137. The summed E-state index contributed by atoms with van der Waals surface area (Å²) < 4.78 is 35.3. The van der Waals surface area contributed by atoms with E-state index in [1.54, 1.807) is 12.1 Å². The second-order valence-electron chi connectivity index (χ2n) is 7.03. The zero-order valence-corrected chi connectivity index (χ0v) is 16.3. The molecule has 1 aromatic carbocycles. The summed E-state index contributed by atoms with van der Waals surface area (Å²) in [4.78, 5) is 21.7. The number of aliphatic imine (C=N–C) groups is 1. The number of nitrogens with one attached hydrogen (secondary N) is 2. The summed E-state index contributed by atoms with van der Waals surface area (Å²) in [6, 6.07) is 6.74. The van der Waals surface area contributed by atoms with Crippen molar-refractivity contribution in [2.75, 3.05) is 16.9 Å². The van der Waals surface area contributed by atoms with Gasteiger partial charge in [-0.25, -0.2) is 29.0 Å². The maximum absolute atomic E-state index is 13.8. The maximum atomic E-state index is 13.8. The van der Waals surface area contributed by atoms with Crippen LogP contribution in [0.15, 0.2) is 50.8 Å². The number of rotatable bonds is 5. The quantitative estimate of drug-likeness (QED) is 0.416. The van der Waals surface area contributed by atoms with Crippen molar-refractivity contribution in [3.05, 3.63) is 70.2 Å². The number of hydrogen-bond acceptors (Lipinski definition) is 7. The summed E-state index contributed by atoms with van der Waals surface area (Å²) in [6.45, 7) is 2.19. The molecule has 3 aromatic heterocycles. The van der Waals surface area contributed by atoms with Crippen molar-refractivity contribution in [2.45, 2.75) is 19.6 Å². The Bertz CT molecular complexity index is 1350. The van der Waals surface area contributed by atoms with Gasteiger partial charge in [-0.05, 0) is 31.2 Å². The van der Waals surface area contributed by atoms with Crippen LogP contribution in [0, 0.1) is 11.6 Å². The van der Waals surface area contributed by atoms with Crippen molar-refractivity contribution in [3.63, 3.8) is 0 Å². The Morgan fingerprint density at radius 3 is 2.90 bits per heavy atom. The number of nitrogens with two attached hydrogens (primary N) is 1. The van der Waals surface area contributed by atoms with E-state index in [1.807, 2.05) is 6.92 Å². The molecule has 5 rings (SSSR count). The second-order valence-corrected chi connectivity index (χ2v) is 7.03. The molecular weight excluding hydrogens is 410 g/mol. The molecule has 0 spiro atoms. The van der Waals surface area contributed by atoms with Gasteiger partial charge in [-0.15, -0.1) is 0 Å². The van der Waals surface area contributed by atoms with Crippen LogP contribution < -0.4 is 21.9 Å². The molecule has 0 amide bonds. The van der Waals surface area contributed by atoms with Crippen molar-refractivity contribution < 1.29 is 13.2 Å². The number of aromatic nitrogens is 4. The van der Waals surface area contributed by atoms with Crippen LogP contribution in [0.3, 0.4) is 0 Å². The highest BCUT2D eigenvalue weighted by atomic mass is 19.1. The molecule has 0 aliphatic carbocycles. The van der Waals surface area contributed by atoms with Gasteiger partial charge in [0, 0.05) is 19.2 Å². The number of benzene rings is 1. The second kappa shape index (κ2) is 7.09. The first kappa shape index (κ1) is 19.1. The highest BCUT2D eigenvalue weighted by Gasteiger charge is 2.32. The molecule has 4 heterocycles. The van der Waals surface area contributed by atoms with Crippen LogP contribution in [-0.2, 0) is 6.54 Å². The Kier molecular flexibility index (Phi) is 4.36. The minimum atomic E-state index is -0.713. The van der Waals surface area contributed by atoms with E-state index in [2.05, 4.69) is 20.4 Å². The molecule has 1 atom stereocenters. The van der Waals surface area contributed by atoms with Crippen molar-refractivity contribution in [2.24, 2.45) is 10.8 Å². The lowest BCUT2D eigenvalue weighted by molar-refractivity contribution is 0.553. The molecule has 4 aromatic rings. The number of hydrazine groups is 1. The van der Waals surface area contributed by atoms with Gasteiger partial charge in [0.15, 0.2) is 11.6 Å². The van der Waals surface area contributed by atoms with Crippen LogP contribution in [0.2, 0.25) is 0 Å². The fourth-order valence-corrected chi connectivity index (χ4v) is 3.54. The van der Waals surface area contributed by atoms with Crippen LogP contribution in [0.25, 0.3) is 5.78 Å². The van der Waals surface area contributed by atoms with Crippen LogP contribution in [0.4, 0.5) is 20.3 Å². The van der Waals surface area contributed by atoms with Crippen LogP contribution in [0.1, 0.15) is 18.4 Å². The number of furan rings is 1. The lowest BCUT2D eigenvalue weighted by Crippen LogP contribution is -2.43. The Hall–Kier alpha value is -3.93. The van der Waals surface area contributed by atoms with Gasteiger partial charge in [-0.3, -0.25) is 14.6 Å². The summed E-state index contributed by atoms with van der Waals surface area (Å²) in [7, 11) is 0. The monoisotopic (exact) mass is 428 g/mol. The zero-order valence-electron chi connectivity index (χ0n) is 16.3. The number of nitrogens with zero attached hydrogens (tertiary/aromatic N) is 5. The SMILES string of the molecule is CC1N=C(c2ccco2)c2c(nc3n(CCNc4ccc(F)cc4F)c(=O)[nH]n23)N1N. The smallest absolute Gasteiger partial charge is 0.343 e. The summed E-state index contributed by atoms with van der Waals surface area (Å²) in [5.41, 5.74) is 0.742. The molecule has 12 heteroatoms. The summed E-state index contributed by atoms with van der Waals surface area (Å²) in [6.07, 6.45) is 1.14. The Morgan fingerprint density at radius 2 is 2.16 bits per heavy atom. The molecule has 0 saturated carbocycles. The number of hydrogen-bond donors (Lipinski definition) is 3. The molecule has 1 aliphatic rings. The normalized spacial score (nSPS) is 15.9. The lowest BCUT2D eigenvalue weighted by Gasteiger charge is -2.26.